The van der Waals surface area contributed by atoms with Gasteiger partial charge < -0.3 is 20.6 Å². The van der Waals surface area contributed by atoms with Crippen molar-refractivity contribution in [2.24, 2.45) is 5.92 Å². The molecular formula is C12H19NO3. The second-order valence-electron chi connectivity index (χ2n) is 3.81. The van der Waals surface area contributed by atoms with E-state index in [0.717, 1.165) is 5.56 Å². The molecule has 0 aromatic heterocycles. The molecule has 90 valence electrons. The normalized spacial score (nSPS) is 14.7. The van der Waals surface area contributed by atoms with E-state index in [4.69, 9.17) is 10.2 Å². The first-order chi connectivity index (χ1) is 7.77. The third-order valence-corrected chi connectivity index (χ3v) is 2.54. The number of nitrogens with one attached hydrogen (secondary N) is 1. The van der Waals surface area contributed by atoms with Crippen LogP contribution >= 0.6 is 0 Å². The van der Waals surface area contributed by atoms with Crippen LogP contribution in [0.2, 0.25) is 0 Å². The maximum Gasteiger partial charge on any atom is 0.0833 e. The maximum absolute atomic E-state index is 9.36. The average Bonchev–Trinajstić information content (AvgIpc) is 2.35. The summed E-state index contributed by atoms with van der Waals surface area (Å²) in [5.74, 6) is -0.325. The van der Waals surface area contributed by atoms with Crippen LogP contribution in [0.15, 0.2) is 30.3 Å². The van der Waals surface area contributed by atoms with Crippen LogP contribution in [0.3, 0.4) is 0 Å². The second-order valence-corrected chi connectivity index (χ2v) is 3.81. The molecule has 1 aromatic rings. The van der Waals surface area contributed by atoms with Crippen LogP contribution in [0, 0.1) is 5.92 Å². The molecule has 0 heterocycles. The number of rotatable bonds is 7. The summed E-state index contributed by atoms with van der Waals surface area (Å²) in [6.45, 7) is 0.713. The molecule has 2 atom stereocenters. The van der Waals surface area contributed by atoms with Gasteiger partial charge >= 0.3 is 0 Å². The van der Waals surface area contributed by atoms with Crippen molar-refractivity contribution in [3.8, 4) is 0 Å². The third kappa shape index (κ3) is 4.28. The molecule has 0 saturated heterocycles. The summed E-state index contributed by atoms with van der Waals surface area (Å²) in [5, 5.41) is 30.3. The van der Waals surface area contributed by atoms with Crippen LogP contribution < -0.4 is 5.32 Å². The highest BCUT2D eigenvalue weighted by molar-refractivity contribution is 5.14. The Kier molecular flexibility index (Phi) is 6.03. The summed E-state index contributed by atoms with van der Waals surface area (Å²) < 4.78 is 0. The summed E-state index contributed by atoms with van der Waals surface area (Å²) in [4.78, 5) is 0. The zero-order valence-corrected chi connectivity index (χ0v) is 9.21. The Morgan fingerprint density at radius 3 is 2.31 bits per heavy atom. The highest BCUT2D eigenvalue weighted by atomic mass is 16.3. The number of benzene rings is 1. The molecule has 0 aliphatic rings. The van der Waals surface area contributed by atoms with Gasteiger partial charge in [0, 0.05) is 25.6 Å². The van der Waals surface area contributed by atoms with E-state index in [9.17, 15) is 5.11 Å². The molecule has 4 heteroatoms. The van der Waals surface area contributed by atoms with Crippen molar-refractivity contribution in [3.63, 3.8) is 0 Å². The Balaban J connectivity index is 2.28. The Morgan fingerprint density at radius 2 is 1.75 bits per heavy atom. The van der Waals surface area contributed by atoms with E-state index in [2.05, 4.69) is 5.32 Å². The van der Waals surface area contributed by atoms with Crippen molar-refractivity contribution in [1.82, 2.24) is 5.32 Å². The van der Waals surface area contributed by atoms with Crippen LogP contribution in [0.5, 0.6) is 0 Å². The highest BCUT2D eigenvalue weighted by Crippen LogP contribution is 2.02. The van der Waals surface area contributed by atoms with Crippen LogP contribution in [0.25, 0.3) is 0 Å². The van der Waals surface area contributed by atoms with E-state index in [-0.39, 0.29) is 19.1 Å². The van der Waals surface area contributed by atoms with Crippen molar-refractivity contribution in [2.45, 2.75) is 12.6 Å². The van der Waals surface area contributed by atoms with E-state index >= 15 is 0 Å². The molecule has 0 saturated carbocycles. The number of hydrogen-bond donors (Lipinski definition) is 4. The van der Waals surface area contributed by atoms with Crippen molar-refractivity contribution in [2.75, 3.05) is 19.8 Å². The lowest BCUT2D eigenvalue weighted by Gasteiger charge is -2.19. The standard InChI is InChI=1S/C12H19NO3/c14-8-11(12(16)9-15)7-13-6-10-4-2-1-3-5-10/h1-5,11-16H,6-9H2/t11-,12-/m1/s1. The predicted molar refractivity (Wildman–Crippen MR) is 61.8 cm³/mol. The van der Waals surface area contributed by atoms with Crippen LogP contribution in [-0.2, 0) is 6.54 Å². The Hall–Kier alpha value is -0.940. The van der Waals surface area contributed by atoms with Gasteiger partial charge in [-0.1, -0.05) is 30.3 Å². The monoisotopic (exact) mass is 225 g/mol. The maximum atomic E-state index is 9.36. The van der Waals surface area contributed by atoms with Gasteiger partial charge in [0.1, 0.15) is 0 Å². The minimum absolute atomic E-state index is 0.135. The first-order valence-corrected chi connectivity index (χ1v) is 5.42. The van der Waals surface area contributed by atoms with E-state index in [0.29, 0.717) is 13.1 Å². The lowest BCUT2D eigenvalue weighted by molar-refractivity contribution is 0.0228. The van der Waals surface area contributed by atoms with E-state index < -0.39 is 6.10 Å². The van der Waals surface area contributed by atoms with Crippen molar-refractivity contribution >= 4 is 0 Å². The number of aliphatic hydroxyl groups is 3. The molecular weight excluding hydrogens is 206 g/mol. The SMILES string of the molecule is OC[C@@H](CNCc1ccccc1)[C@H](O)CO. The Bertz CT molecular complexity index is 279. The van der Waals surface area contributed by atoms with Gasteiger partial charge in [-0.25, -0.2) is 0 Å². The predicted octanol–water partition coefficient (Wildman–Crippen LogP) is -0.262. The lowest BCUT2D eigenvalue weighted by atomic mass is 10.0. The van der Waals surface area contributed by atoms with Crippen LogP contribution in [0.4, 0.5) is 0 Å². The summed E-state index contributed by atoms with van der Waals surface area (Å²) in [6.07, 6.45) is -0.867. The summed E-state index contributed by atoms with van der Waals surface area (Å²) in [6, 6.07) is 9.88. The molecule has 0 fully saturated rings. The third-order valence-electron chi connectivity index (χ3n) is 2.54. The van der Waals surface area contributed by atoms with Crippen molar-refractivity contribution in [3.05, 3.63) is 35.9 Å². The molecule has 0 aliphatic heterocycles. The van der Waals surface area contributed by atoms with Crippen LogP contribution in [-0.4, -0.2) is 41.2 Å². The molecule has 1 rings (SSSR count). The lowest BCUT2D eigenvalue weighted by Crippen LogP contribution is -2.35. The van der Waals surface area contributed by atoms with Crippen molar-refractivity contribution < 1.29 is 15.3 Å². The highest BCUT2D eigenvalue weighted by Gasteiger charge is 2.16. The number of aliphatic hydroxyl groups excluding tert-OH is 3. The first-order valence-electron chi connectivity index (χ1n) is 5.42. The fourth-order valence-electron chi connectivity index (χ4n) is 1.47. The largest absolute Gasteiger partial charge is 0.396 e. The van der Waals surface area contributed by atoms with E-state index in [1.165, 1.54) is 0 Å². The zero-order chi connectivity index (χ0) is 11.8. The van der Waals surface area contributed by atoms with Gasteiger partial charge in [0.25, 0.3) is 0 Å². The van der Waals surface area contributed by atoms with Gasteiger partial charge in [-0.3, -0.25) is 0 Å². The molecule has 0 radical (unpaired) electrons. The molecule has 0 bridgehead atoms. The van der Waals surface area contributed by atoms with Gasteiger partial charge in [0.15, 0.2) is 0 Å². The van der Waals surface area contributed by atoms with E-state index in [1.54, 1.807) is 0 Å². The Morgan fingerprint density at radius 1 is 1.06 bits per heavy atom. The quantitative estimate of drug-likeness (QED) is 0.516. The van der Waals surface area contributed by atoms with Crippen molar-refractivity contribution in [1.29, 1.82) is 0 Å². The summed E-state index contributed by atoms with van der Waals surface area (Å²) in [5.41, 5.74) is 1.15. The molecule has 4 nitrogen and oxygen atoms in total. The molecule has 0 unspecified atom stereocenters. The molecule has 0 aliphatic carbocycles. The summed E-state index contributed by atoms with van der Waals surface area (Å²) >= 11 is 0. The van der Waals surface area contributed by atoms with Gasteiger partial charge in [-0.2, -0.15) is 0 Å². The molecule has 0 amide bonds. The molecule has 16 heavy (non-hydrogen) atoms. The first kappa shape index (κ1) is 13.1. The average molecular weight is 225 g/mol. The number of hydrogen-bond acceptors (Lipinski definition) is 4. The van der Waals surface area contributed by atoms with Gasteiger partial charge in [-0.05, 0) is 5.56 Å². The fourth-order valence-corrected chi connectivity index (χ4v) is 1.47. The van der Waals surface area contributed by atoms with Gasteiger partial charge in [0.2, 0.25) is 0 Å². The summed E-state index contributed by atoms with van der Waals surface area (Å²) in [7, 11) is 0. The second kappa shape index (κ2) is 7.35. The van der Waals surface area contributed by atoms with Gasteiger partial charge in [0.05, 0.1) is 12.7 Å². The Labute approximate surface area is 95.6 Å². The minimum Gasteiger partial charge on any atom is -0.396 e. The molecule has 0 spiro atoms. The molecule has 4 N–H and O–H groups in total. The van der Waals surface area contributed by atoms with E-state index in [1.807, 2.05) is 30.3 Å². The van der Waals surface area contributed by atoms with Gasteiger partial charge in [-0.15, -0.1) is 0 Å². The smallest absolute Gasteiger partial charge is 0.0833 e. The molecule has 1 aromatic carbocycles. The minimum atomic E-state index is -0.867. The fraction of sp³-hybridized carbons (Fsp3) is 0.500. The van der Waals surface area contributed by atoms with Crippen LogP contribution in [0.1, 0.15) is 5.56 Å². The zero-order valence-electron chi connectivity index (χ0n) is 9.21. The topological polar surface area (TPSA) is 72.7 Å².